The summed E-state index contributed by atoms with van der Waals surface area (Å²) >= 11 is 5.77. The summed E-state index contributed by atoms with van der Waals surface area (Å²) in [5, 5.41) is 17.9. The van der Waals surface area contributed by atoms with E-state index in [1.165, 1.54) is 11.0 Å². The van der Waals surface area contributed by atoms with Crippen molar-refractivity contribution in [2.45, 2.75) is 115 Å². The van der Waals surface area contributed by atoms with Gasteiger partial charge in [0.15, 0.2) is 5.11 Å². The zero-order valence-corrected chi connectivity index (χ0v) is 33.6. The van der Waals surface area contributed by atoms with Crippen LogP contribution in [0.5, 0.6) is 0 Å². The van der Waals surface area contributed by atoms with Gasteiger partial charge in [-0.05, 0) is 134 Å². The molecule has 306 valence electrons. The predicted molar refractivity (Wildman–Crippen MR) is 214 cm³/mol. The lowest BCUT2D eigenvalue weighted by Crippen LogP contribution is -2.58. The topological polar surface area (TPSA) is 141 Å². The van der Waals surface area contributed by atoms with Gasteiger partial charge < -0.3 is 20.4 Å². The molecule has 4 amide bonds. The lowest BCUT2D eigenvalue weighted by molar-refractivity contribution is -0.138. The maximum atomic E-state index is 13.7. The van der Waals surface area contributed by atoms with Crippen LogP contribution in [0.1, 0.15) is 90.2 Å². The second-order valence-corrected chi connectivity index (χ2v) is 16.8. The predicted octanol–water partition coefficient (Wildman–Crippen LogP) is 5.88. The number of piperazine rings is 1. The molecule has 2 aromatic rings. The molecule has 0 bridgehead atoms. The summed E-state index contributed by atoms with van der Waals surface area (Å²) in [7, 11) is 0. The first kappa shape index (κ1) is 42.0. The zero-order valence-electron chi connectivity index (χ0n) is 32.8. The summed E-state index contributed by atoms with van der Waals surface area (Å²) in [5.74, 6) is -0.603. The highest BCUT2D eigenvalue weighted by molar-refractivity contribution is 7.80. The number of thiocarbonyl (C=S) groups is 1. The molecule has 2 aromatic carbocycles. The average Bonchev–Trinajstić information content (AvgIpc) is 3.32. The Kier molecular flexibility index (Phi) is 12.6. The van der Waals surface area contributed by atoms with Gasteiger partial charge in [0, 0.05) is 49.0 Å². The number of piperidine rings is 1. The number of carbonyl (C=O) groups is 4. The number of benzene rings is 2. The standard InChI is InChI=1S/C41H51F3N8O4S/c1-25-22-49(23-26(2)50(25)24-36(54)47-30-9-5-8-29(19-30)46-34-16-17-35(53)48-37(34)55)18-6-7-27-10-13-31(14-11-27)52-39(57)51(38(56)40(52,3)4)32-15-12-28(21-45)33(20-32)41(42,43)44/h5,8-9,12,15,19-20,25-27,31,34,46H,6-7,10-11,13-14,16-18,22-24H2,1-4H3,(H,47,54)(H,48,53,55)/t25-,26+,27?,31?,34-/m0/s1. The number of rotatable bonds is 11. The Labute approximate surface area is 337 Å². The van der Waals surface area contributed by atoms with Gasteiger partial charge in [-0.1, -0.05) is 6.07 Å². The van der Waals surface area contributed by atoms with Crippen LogP contribution in [0, 0.1) is 17.2 Å². The number of imide groups is 1. The molecule has 16 heteroatoms. The zero-order chi connectivity index (χ0) is 41.2. The van der Waals surface area contributed by atoms with Crippen molar-refractivity contribution >= 4 is 58.0 Å². The van der Waals surface area contributed by atoms with Gasteiger partial charge in [0.2, 0.25) is 17.7 Å². The molecule has 4 aliphatic rings. The molecule has 1 aliphatic carbocycles. The molecular formula is C41H51F3N8O4S. The third-order valence-corrected chi connectivity index (χ3v) is 12.3. The fourth-order valence-electron chi connectivity index (χ4n) is 9.00. The molecule has 12 nitrogen and oxygen atoms in total. The number of amides is 4. The van der Waals surface area contributed by atoms with E-state index in [9.17, 15) is 37.6 Å². The van der Waals surface area contributed by atoms with Crippen molar-refractivity contribution in [1.82, 2.24) is 20.0 Å². The molecular weight excluding hydrogens is 758 g/mol. The lowest BCUT2D eigenvalue weighted by Gasteiger charge is -2.44. The summed E-state index contributed by atoms with van der Waals surface area (Å²) < 4.78 is 41.2. The molecule has 1 saturated carbocycles. The van der Waals surface area contributed by atoms with Crippen LogP contribution in [0.3, 0.4) is 0 Å². The number of carbonyl (C=O) groups excluding carboxylic acids is 4. The highest BCUT2D eigenvalue weighted by atomic mass is 32.1. The molecule has 0 aromatic heterocycles. The molecule has 3 heterocycles. The first-order valence-corrected chi connectivity index (χ1v) is 20.1. The molecule has 3 N–H and O–H groups in total. The van der Waals surface area contributed by atoms with Crippen LogP contribution >= 0.6 is 12.2 Å². The Balaban J connectivity index is 0.943. The maximum Gasteiger partial charge on any atom is 0.417 e. The molecule has 0 unspecified atom stereocenters. The second-order valence-electron chi connectivity index (χ2n) is 16.4. The summed E-state index contributed by atoms with van der Waals surface area (Å²) in [6, 6.07) is 11.9. The van der Waals surface area contributed by atoms with E-state index in [4.69, 9.17) is 12.2 Å². The van der Waals surface area contributed by atoms with Crippen molar-refractivity contribution in [3.8, 4) is 6.07 Å². The first-order valence-electron chi connectivity index (χ1n) is 19.7. The molecule has 0 spiro atoms. The monoisotopic (exact) mass is 808 g/mol. The number of nitrogens with one attached hydrogen (secondary N) is 3. The molecule has 57 heavy (non-hydrogen) atoms. The lowest BCUT2D eigenvalue weighted by atomic mass is 9.82. The van der Waals surface area contributed by atoms with E-state index in [2.05, 4.69) is 39.6 Å². The van der Waals surface area contributed by atoms with Crippen LogP contribution in [-0.2, 0) is 25.4 Å². The number of alkyl halides is 3. The Morgan fingerprint density at radius 1 is 1.00 bits per heavy atom. The summed E-state index contributed by atoms with van der Waals surface area (Å²) in [6.07, 6.45) is 1.63. The average molecular weight is 809 g/mol. The van der Waals surface area contributed by atoms with Crippen molar-refractivity contribution in [3.05, 3.63) is 53.6 Å². The number of nitriles is 1. The third kappa shape index (κ3) is 9.42. The van der Waals surface area contributed by atoms with Crippen molar-refractivity contribution in [3.63, 3.8) is 0 Å². The van der Waals surface area contributed by atoms with Crippen LogP contribution in [0.15, 0.2) is 42.5 Å². The Morgan fingerprint density at radius 3 is 2.33 bits per heavy atom. The molecule has 0 radical (unpaired) electrons. The van der Waals surface area contributed by atoms with Gasteiger partial charge in [-0.15, -0.1) is 0 Å². The van der Waals surface area contributed by atoms with E-state index < -0.39 is 28.9 Å². The highest BCUT2D eigenvalue weighted by Crippen LogP contribution is 2.41. The number of anilines is 3. The number of hydrogen-bond donors (Lipinski definition) is 3. The van der Waals surface area contributed by atoms with Crippen LogP contribution in [0.4, 0.5) is 30.2 Å². The molecule has 4 fully saturated rings. The minimum absolute atomic E-state index is 0.0106. The van der Waals surface area contributed by atoms with Gasteiger partial charge in [0.05, 0.1) is 29.4 Å². The minimum Gasteiger partial charge on any atom is -0.374 e. The highest BCUT2D eigenvalue weighted by Gasteiger charge is 2.52. The van der Waals surface area contributed by atoms with E-state index in [1.807, 2.05) is 11.0 Å². The van der Waals surface area contributed by atoms with Gasteiger partial charge >= 0.3 is 6.18 Å². The minimum atomic E-state index is -4.75. The van der Waals surface area contributed by atoms with E-state index in [0.717, 1.165) is 70.3 Å². The number of nitrogens with zero attached hydrogens (tertiary/aromatic N) is 5. The number of hydrogen-bond acceptors (Lipinski definition) is 9. The Morgan fingerprint density at radius 2 is 1.68 bits per heavy atom. The Hall–Kier alpha value is -4.59. The van der Waals surface area contributed by atoms with Crippen LogP contribution in [0.25, 0.3) is 0 Å². The SMILES string of the molecule is C[C@@H]1CN(CCCC2CCC(N3C(=S)N(c4ccc(C#N)c(C(F)(F)F)c4)C(=O)C3(C)C)CC2)C[C@H](C)N1CC(=O)Nc1cccc(N[C@H]2CCC(=O)NC2=O)c1. The van der Waals surface area contributed by atoms with Crippen molar-refractivity contribution in [2.75, 3.05) is 41.7 Å². The normalized spacial score (nSPS) is 26.0. The van der Waals surface area contributed by atoms with E-state index in [1.54, 1.807) is 38.1 Å². The fourth-order valence-corrected chi connectivity index (χ4v) is 9.56. The molecule has 3 aliphatic heterocycles. The molecule has 3 saturated heterocycles. The van der Waals surface area contributed by atoms with Crippen molar-refractivity contribution in [1.29, 1.82) is 5.26 Å². The van der Waals surface area contributed by atoms with E-state index in [-0.39, 0.29) is 65.5 Å². The second kappa shape index (κ2) is 17.1. The summed E-state index contributed by atoms with van der Waals surface area (Å²) in [4.78, 5) is 58.2. The quantitative estimate of drug-likeness (QED) is 0.186. The first-order chi connectivity index (χ1) is 27.0. The van der Waals surface area contributed by atoms with Gasteiger partial charge in [-0.3, -0.25) is 34.3 Å². The van der Waals surface area contributed by atoms with Crippen LogP contribution < -0.4 is 20.9 Å². The van der Waals surface area contributed by atoms with E-state index in [0.29, 0.717) is 23.7 Å². The fraction of sp³-hybridized carbons (Fsp3) is 0.561. The van der Waals surface area contributed by atoms with Crippen molar-refractivity contribution in [2.24, 2.45) is 5.92 Å². The van der Waals surface area contributed by atoms with Gasteiger partial charge in [-0.25, -0.2) is 0 Å². The van der Waals surface area contributed by atoms with Crippen molar-refractivity contribution < 1.29 is 32.3 Å². The Bertz CT molecular complexity index is 1920. The van der Waals surface area contributed by atoms with Crippen LogP contribution in [-0.4, -0.2) is 99.3 Å². The van der Waals surface area contributed by atoms with Gasteiger partial charge in [0.25, 0.3) is 5.91 Å². The largest absolute Gasteiger partial charge is 0.417 e. The summed E-state index contributed by atoms with van der Waals surface area (Å²) in [5.41, 5.74) is -1.31. The van der Waals surface area contributed by atoms with E-state index >= 15 is 0 Å². The molecule has 3 atom stereocenters. The number of halogens is 3. The molecule has 6 rings (SSSR count). The van der Waals surface area contributed by atoms with Gasteiger partial charge in [-0.2, -0.15) is 18.4 Å². The van der Waals surface area contributed by atoms with Crippen LogP contribution in [0.2, 0.25) is 0 Å². The third-order valence-electron chi connectivity index (χ3n) is 11.9. The summed E-state index contributed by atoms with van der Waals surface area (Å²) in [6.45, 7) is 10.7. The maximum absolute atomic E-state index is 13.7. The van der Waals surface area contributed by atoms with Gasteiger partial charge in [0.1, 0.15) is 11.6 Å². The smallest absolute Gasteiger partial charge is 0.374 e.